The summed E-state index contributed by atoms with van der Waals surface area (Å²) in [5, 5.41) is 0. The van der Waals surface area contributed by atoms with Crippen molar-refractivity contribution in [2.45, 2.75) is 45.6 Å². The molecule has 2 atom stereocenters. The molecule has 1 aliphatic heterocycles. The van der Waals surface area contributed by atoms with E-state index in [9.17, 15) is 4.79 Å². The number of carbonyl (C=O) groups excluding carboxylic acids is 1. The molecule has 0 fully saturated rings. The van der Waals surface area contributed by atoms with Gasteiger partial charge in [-0.05, 0) is 18.9 Å². The van der Waals surface area contributed by atoms with E-state index >= 15 is 0 Å². The van der Waals surface area contributed by atoms with Crippen molar-refractivity contribution >= 4 is 5.97 Å². The summed E-state index contributed by atoms with van der Waals surface area (Å²) in [6.07, 6.45) is 6.70. The monoisotopic (exact) mass is 258 g/mol. The third kappa shape index (κ3) is 3.46. The number of ether oxygens (including phenoxy) is 1. The van der Waals surface area contributed by atoms with Crippen LogP contribution in [-0.4, -0.2) is 5.97 Å². The number of hydrogen-bond acceptors (Lipinski definition) is 2. The van der Waals surface area contributed by atoms with Crippen molar-refractivity contribution in [3.05, 3.63) is 47.5 Å². The van der Waals surface area contributed by atoms with E-state index in [0.717, 1.165) is 17.6 Å². The zero-order chi connectivity index (χ0) is 13.7. The lowest BCUT2D eigenvalue weighted by Crippen LogP contribution is -2.24. The third-order valence-electron chi connectivity index (χ3n) is 3.68. The second-order valence-electron chi connectivity index (χ2n) is 5.25. The molecular formula is C17H22O2. The summed E-state index contributed by atoms with van der Waals surface area (Å²) in [6.45, 7) is 4.05. The molecule has 0 unspecified atom stereocenters. The Labute approximate surface area is 115 Å². The Kier molecular flexibility index (Phi) is 4.78. The van der Waals surface area contributed by atoms with E-state index in [4.69, 9.17) is 4.74 Å². The lowest BCUT2D eigenvalue weighted by Gasteiger charge is -2.29. The van der Waals surface area contributed by atoms with Crippen molar-refractivity contribution in [2.75, 3.05) is 0 Å². The second-order valence-corrected chi connectivity index (χ2v) is 5.25. The van der Waals surface area contributed by atoms with Crippen molar-refractivity contribution in [3.8, 4) is 0 Å². The molecule has 0 spiro atoms. The Morgan fingerprint density at radius 2 is 1.89 bits per heavy atom. The fourth-order valence-corrected chi connectivity index (χ4v) is 2.59. The fourth-order valence-electron chi connectivity index (χ4n) is 2.59. The number of benzene rings is 1. The van der Waals surface area contributed by atoms with Crippen molar-refractivity contribution in [2.24, 2.45) is 5.92 Å². The van der Waals surface area contributed by atoms with E-state index in [1.54, 1.807) is 0 Å². The van der Waals surface area contributed by atoms with Crippen LogP contribution in [0, 0.1) is 5.92 Å². The van der Waals surface area contributed by atoms with E-state index in [0.29, 0.717) is 5.92 Å². The van der Waals surface area contributed by atoms with Crippen molar-refractivity contribution < 1.29 is 9.53 Å². The van der Waals surface area contributed by atoms with Gasteiger partial charge in [0.1, 0.15) is 6.10 Å². The molecule has 2 heteroatoms. The van der Waals surface area contributed by atoms with Gasteiger partial charge in [0.15, 0.2) is 0 Å². The summed E-state index contributed by atoms with van der Waals surface area (Å²) in [5.74, 6) is 0.132. The van der Waals surface area contributed by atoms with Gasteiger partial charge in [-0.25, -0.2) is 4.79 Å². The molecule has 1 aromatic rings. The number of unbranched alkanes of at least 4 members (excludes halogenated alkanes) is 2. The van der Waals surface area contributed by atoms with Gasteiger partial charge in [0.05, 0.1) is 0 Å². The Morgan fingerprint density at radius 1 is 1.16 bits per heavy atom. The first-order valence-corrected chi connectivity index (χ1v) is 7.16. The summed E-state index contributed by atoms with van der Waals surface area (Å²) >= 11 is 0. The molecule has 0 aromatic heterocycles. The molecule has 2 rings (SSSR count). The second kappa shape index (κ2) is 6.55. The number of rotatable bonds is 5. The van der Waals surface area contributed by atoms with Crippen LogP contribution in [0.15, 0.2) is 42.0 Å². The topological polar surface area (TPSA) is 26.3 Å². The molecule has 1 aromatic carbocycles. The molecular weight excluding hydrogens is 236 g/mol. The van der Waals surface area contributed by atoms with Gasteiger partial charge >= 0.3 is 5.97 Å². The van der Waals surface area contributed by atoms with Gasteiger partial charge in [-0.1, -0.05) is 62.6 Å². The van der Waals surface area contributed by atoms with Crippen molar-refractivity contribution in [1.29, 1.82) is 0 Å². The molecule has 1 heterocycles. The molecule has 102 valence electrons. The lowest BCUT2D eigenvalue weighted by molar-refractivity contribution is -0.148. The highest BCUT2D eigenvalue weighted by molar-refractivity contribution is 5.88. The average Bonchev–Trinajstić information content (AvgIpc) is 2.43. The Bertz CT molecular complexity index is 448. The van der Waals surface area contributed by atoms with Crippen molar-refractivity contribution in [3.63, 3.8) is 0 Å². The normalized spacial score (nSPS) is 22.8. The highest BCUT2D eigenvalue weighted by atomic mass is 16.5. The number of cyclic esters (lactones) is 1. The maximum Gasteiger partial charge on any atom is 0.334 e. The largest absolute Gasteiger partial charge is 0.454 e. The first-order chi connectivity index (χ1) is 9.22. The van der Waals surface area contributed by atoms with Crippen LogP contribution in [-0.2, 0) is 9.53 Å². The predicted octanol–water partition coefficient (Wildman–Crippen LogP) is 4.43. The first kappa shape index (κ1) is 13.9. The Balaban J connectivity index is 2.16. The predicted molar refractivity (Wildman–Crippen MR) is 76.7 cm³/mol. The van der Waals surface area contributed by atoms with E-state index in [1.807, 2.05) is 37.3 Å². The van der Waals surface area contributed by atoms with Crippen LogP contribution in [0.1, 0.15) is 51.2 Å². The molecule has 1 aliphatic rings. The lowest BCUT2D eigenvalue weighted by atomic mass is 9.87. The van der Waals surface area contributed by atoms with Crippen LogP contribution in [0.3, 0.4) is 0 Å². The van der Waals surface area contributed by atoms with Crippen molar-refractivity contribution in [1.82, 2.24) is 0 Å². The maximum atomic E-state index is 11.8. The molecule has 0 aliphatic carbocycles. The minimum atomic E-state index is -0.180. The summed E-state index contributed by atoms with van der Waals surface area (Å²) < 4.78 is 5.62. The fraction of sp³-hybridized carbons (Fsp3) is 0.471. The van der Waals surface area contributed by atoms with Crippen LogP contribution >= 0.6 is 0 Å². The van der Waals surface area contributed by atoms with Crippen LogP contribution in [0.25, 0.3) is 0 Å². The van der Waals surface area contributed by atoms with Crippen LogP contribution < -0.4 is 0 Å². The van der Waals surface area contributed by atoms with Gasteiger partial charge in [0.2, 0.25) is 0 Å². The SMILES string of the molecule is CCCCC[C@@H]1C=C(C)C(=O)O[C@H]1c1ccccc1. The molecule has 0 bridgehead atoms. The Hall–Kier alpha value is -1.57. The minimum Gasteiger partial charge on any atom is -0.454 e. The van der Waals surface area contributed by atoms with Crippen LogP contribution in [0.5, 0.6) is 0 Å². The number of carbonyl (C=O) groups is 1. The average molecular weight is 258 g/mol. The van der Waals surface area contributed by atoms with Gasteiger partial charge < -0.3 is 4.74 Å². The highest BCUT2D eigenvalue weighted by Crippen LogP contribution is 2.35. The van der Waals surface area contributed by atoms with Gasteiger partial charge in [-0.3, -0.25) is 0 Å². The van der Waals surface area contributed by atoms with Gasteiger partial charge in [-0.15, -0.1) is 0 Å². The number of esters is 1. The van der Waals surface area contributed by atoms with Crippen LogP contribution in [0.2, 0.25) is 0 Å². The van der Waals surface area contributed by atoms with E-state index in [-0.39, 0.29) is 12.1 Å². The zero-order valence-electron chi connectivity index (χ0n) is 11.8. The van der Waals surface area contributed by atoms with E-state index in [2.05, 4.69) is 13.0 Å². The molecule has 0 amide bonds. The minimum absolute atomic E-state index is 0.116. The summed E-state index contributed by atoms with van der Waals surface area (Å²) in [7, 11) is 0. The molecule has 0 radical (unpaired) electrons. The first-order valence-electron chi connectivity index (χ1n) is 7.16. The highest BCUT2D eigenvalue weighted by Gasteiger charge is 2.30. The standard InChI is InChI=1S/C17H22O2/c1-3-4-6-11-15-12-13(2)17(18)19-16(15)14-9-7-5-8-10-14/h5,7-10,12,15-16H,3-4,6,11H2,1-2H3/t15-,16+/m1/s1. The molecule has 0 N–H and O–H groups in total. The van der Waals surface area contributed by atoms with Gasteiger partial charge in [-0.2, -0.15) is 0 Å². The summed E-state index contributed by atoms with van der Waals surface area (Å²) in [6, 6.07) is 10.1. The maximum absolute atomic E-state index is 11.8. The van der Waals surface area contributed by atoms with E-state index in [1.165, 1.54) is 19.3 Å². The molecule has 19 heavy (non-hydrogen) atoms. The van der Waals surface area contributed by atoms with E-state index < -0.39 is 0 Å². The van der Waals surface area contributed by atoms with Crippen LogP contribution in [0.4, 0.5) is 0 Å². The zero-order valence-corrected chi connectivity index (χ0v) is 11.8. The third-order valence-corrected chi connectivity index (χ3v) is 3.68. The molecule has 0 saturated carbocycles. The molecule has 0 saturated heterocycles. The van der Waals surface area contributed by atoms with Gasteiger partial charge in [0, 0.05) is 11.5 Å². The molecule has 2 nitrogen and oxygen atoms in total. The number of hydrogen-bond donors (Lipinski definition) is 0. The van der Waals surface area contributed by atoms with Gasteiger partial charge in [0.25, 0.3) is 0 Å². The summed E-state index contributed by atoms with van der Waals surface area (Å²) in [5.41, 5.74) is 1.84. The smallest absolute Gasteiger partial charge is 0.334 e. The Morgan fingerprint density at radius 3 is 2.58 bits per heavy atom. The summed E-state index contributed by atoms with van der Waals surface area (Å²) in [4.78, 5) is 11.8. The quantitative estimate of drug-likeness (QED) is 0.577.